The molecule has 4 aliphatic carbocycles. The summed E-state index contributed by atoms with van der Waals surface area (Å²) in [7, 11) is 0. The van der Waals surface area contributed by atoms with Gasteiger partial charge in [0, 0.05) is 110 Å². The summed E-state index contributed by atoms with van der Waals surface area (Å²) >= 11 is 0. The molecule has 0 radical (unpaired) electrons. The van der Waals surface area contributed by atoms with Crippen molar-refractivity contribution in [1.82, 2.24) is 4.98 Å². The molecule has 0 aliphatic heterocycles. The molecule has 5 nitrogen and oxygen atoms in total. The molecule has 0 amide bonds. The van der Waals surface area contributed by atoms with Crippen molar-refractivity contribution in [2.24, 2.45) is 0 Å². The van der Waals surface area contributed by atoms with Crippen molar-refractivity contribution in [3.05, 3.63) is 281 Å². The minimum Gasteiger partial charge on any atom is -0.455 e. The largest absolute Gasteiger partial charge is 0.455 e. The number of furan rings is 3. The molecule has 0 unspecified atom stereocenters. The quantitative estimate of drug-likeness (QED) is 0.187. The predicted octanol–water partition coefficient (Wildman–Crippen LogP) is 25.0. The van der Waals surface area contributed by atoms with Gasteiger partial charge in [0.1, 0.15) is 33.5 Å². The molecule has 0 fully saturated rings. The average molecular weight is 1220 g/mol. The van der Waals surface area contributed by atoms with E-state index in [4.69, 9.17) is 13.3 Å². The number of benzene rings is 13. The average Bonchev–Trinajstić information content (AvgIpc) is 1.51. The van der Waals surface area contributed by atoms with Crippen molar-refractivity contribution >= 4 is 105 Å². The third-order valence-corrected chi connectivity index (χ3v) is 23.1. The molecule has 0 atom stereocenters. The SMILES string of the molecule is CC1(C)c2cc(N(c3ccc4c(c3)C(C)(C)c3cc(-c5ccc6[nH]c7ccccc7c6c5)c5oc6ccccc6c5c3-4)c3ccc4c(c3)C(C)(C)c3c5c(c6oc7ccccc7c6c3-4)-c3ccccc3C5(C)C)ccc2-c2c1cc(-c1ccccc1)c1oc3ccccc3c21. The summed E-state index contributed by atoms with van der Waals surface area (Å²) in [6, 6.07) is 88.0. The normalized spacial score (nSPS) is 15.5. The van der Waals surface area contributed by atoms with Crippen molar-refractivity contribution in [3.63, 3.8) is 0 Å². The maximum absolute atomic E-state index is 7.13. The zero-order valence-corrected chi connectivity index (χ0v) is 54.2. The molecule has 5 heteroatoms. The van der Waals surface area contributed by atoms with Gasteiger partial charge < -0.3 is 23.1 Å². The van der Waals surface area contributed by atoms with Gasteiger partial charge in [-0.15, -0.1) is 0 Å². The van der Waals surface area contributed by atoms with E-state index < -0.39 is 10.8 Å². The maximum Gasteiger partial charge on any atom is 0.144 e. The van der Waals surface area contributed by atoms with Crippen LogP contribution in [0.5, 0.6) is 0 Å². The van der Waals surface area contributed by atoms with Crippen LogP contribution in [0.2, 0.25) is 0 Å². The van der Waals surface area contributed by atoms with E-state index in [1.54, 1.807) is 0 Å². The lowest BCUT2D eigenvalue weighted by molar-refractivity contribution is 0.600. The number of hydrogen-bond acceptors (Lipinski definition) is 4. The summed E-state index contributed by atoms with van der Waals surface area (Å²) in [6.07, 6.45) is 0. The summed E-state index contributed by atoms with van der Waals surface area (Å²) in [6.45, 7) is 19.5. The number of H-pyrrole nitrogens is 1. The van der Waals surface area contributed by atoms with Gasteiger partial charge in [-0.1, -0.05) is 207 Å². The number of rotatable bonds is 5. The Morgan fingerprint density at radius 1 is 0.274 bits per heavy atom. The maximum atomic E-state index is 7.13. The Morgan fingerprint density at radius 3 is 1.27 bits per heavy atom. The van der Waals surface area contributed by atoms with Gasteiger partial charge in [-0.25, -0.2) is 0 Å². The molecule has 1 N–H and O–H groups in total. The lowest BCUT2D eigenvalue weighted by atomic mass is 9.72. The summed E-state index contributed by atoms with van der Waals surface area (Å²) in [5, 5.41) is 9.38. The molecule has 0 bridgehead atoms. The first kappa shape index (κ1) is 53.4. The summed E-state index contributed by atoms with van der Waals surface area (Å²) in [5.41, 5.74) is 34.7. The highest BCUT2D eigenvalue weighted by Gasteiger charge is 2.49. The lowest BCUT2D eigenvalue weighted by Crippen LogP contribution is -2.24. The Morgan fingerprint density at radius 2 is 0.695 bits per heavy atom. The van der Waals surface area contributed by atoms with Gasteiger partial charge in [0.15, 0.2) is 0 Å². The standard InChI is InChI=1S/C90H64N2O3/c1-87(2)65-43-50(35-38-55(65)75-68(87)46-61(48-22-10-9-11-23-48)84-78(75)58-26-14-19-31-72(58)93-84)92(52-37-40-57-67(45-52)90(7,8)82-77(57)80-60-28-16-21-33-74(60)95-86(80)81-54-25-12-17-29-64(54)89(5,6)83(81)82)51-36-39-56-66(44-51)88(3,4)69-47-62(85-79(76(56)69)59-27-15-20-32-73(59)94-85)49-34-41-71-63(42-49)53-24-13-18-30-70(53)91-71/h9-47,91H,1-8H3. The van der Waals surface area contributed by atoms with Gasteiger partial charge >= 0.3 is 0 Å². The molecule has 452 valence electrons. The third-order valence-electron chi connectivity index (χ3n) is 23.1. The molecule has 17 aromatic rings. The molecule has 4 heterocycles. The minimum absolute atomic E-state index is 0.281. The van der Waals surface area contributed by atoms with Gasteiger partial charge in [-0.05, 0) is 180 Å². The molecule has 0 saturated carbocycles. The van der Waals surface area contributed by atoms with E-state index in [-0.39, 0.29) is 10.8 Å². The smallest absolute Gasteiger partial charge is 0.144 e. The van der Waals surface area contributed by atoms with E-state index >= 15 is 0 Å². The van der Waals surface area contributed by atoms with E-state index in [1.165, 1.54) is 111 Å². The van der Waals surface area contributed by atoms with E-state index in [9.17, 15) is 0 Å². The zero-order valence-electron chi connectivity index (χ0n) is 54.2. The molecule has 4 aromatic heterocycles. The van der Waals surface area contributed by atoms with Crippen molar-refractivity contribution in [1.29, 1.82) is 0 Å². The highest BCUT2D eigenvalue weighted by atomic mass is 16.3. The molecule has 21 rings (SSSR count). The molecule has 13 aromatic carbocycles. The Kier molecular flexibility index (Phi) is 10.1. The monoisotopic (exact) mass is 1220 g/mol. The number of para-hydroxylation sites is 4. The number of fused-ring (bicyclic) bond motifs is 29. The van der Waals surface area contributed by atoms with Crippen LogP contribution in [0.4, 0.5) is 17.1 Å². The summed E-state index contributed by atoms with van der Waals surface area (Å²) in [5.74, 6) is 0. The molecule has 0 spiro atoms. The van der Waals surface area contributed by atoms with Crippen molar-refractivity contribution in [2.45, 2.75) is 77.0 Å². The van der Waals surface area contributed by atoms with Crippen LogP contribution in [-0.4, -0.2) is 4.98 Å². The highest BCUT2D eigenvalue weighted by molar-refractivity contribution is 6.23. The van der Waals surface area contributed by atoms with Gasteiger partial charge in [-0.2, -0.15) is 0 Å². The first-order valence-electron chi connectivity index (χ1n) is 33.5. The summed E-state index contributed by atoms with van der Waals surface area (Å²) in [4.78, 5) is 6.23. The fraction of sp³-hybridized carbons (Fsp3) is 0.133. The second-order valence-corrected chi connectivity index (χ2v) is 29.5. The van der Waals surface area contributed by atoms with Crippen LogP contribution in [0, 0.1) is 0 Å². The number of nitrogens with zero attached hydrogens (tertiary/aromatic N) is 1. The first-order valence-corrected chi connectivity index (χ1v) is 33.5. The van der Waals surface area contributed by atoms with Gasteiger partial charge in [-0.3, -0.25) is 0 Å². The fourth-order valence-corrected chi connectivity index (χ4v) is 18.6. The van der Waals surface area contributed by atoms with Crippen LogP contribution in [0.15, 0.2) is 250 Å². The second-order valence-electron chi connectivity index (χ2n) is 29.5. The molecular weight excluding hydrogens is 1160 g/mol. The second kappa shape index (κ2) is 18.0. The van der Waals surface area contributed by atoms with E-state index in [2.05, 4.69) is 302 Å². The van der Waals surface area contributed by atoms with E-state index in [1.807, 2.05) is 0 Å². The molecule has 95 heavy (non-hydrogen) atoms. The van der Waals surface area contributed by atoms with E-state index in [0.29, 0.717) is 0 Å². The van der Waals surface area contributed by atoms with Crippen molar-refractivity contribution < 1.29 is 13.3 Å². The van der Waals surface area contributed by atoms with Crippen LogP contribution in [0.1, 0.15) is 99.9 Å². The number of anilines is 3. The minimum atomic E-state index is -0.416. The predicted molar refractivity (Wildman–Crippen MR) is 393 cm³/mol. The number of aromatic nitrogens is 1. The van der Waals surface area contributed by atoms with Crippen LogP contribution in [-0.2, 0) is 21.7 Å². The highest BCUT2D eigenvalue weighted by Crippen LogP contribution is 2.65. The van der Waals surface area contributed by atoms with Crippen LogP contribution in [0.3, 0.4) is 0 Å². The van der Waals surface area contributed by atoms with Crippen molar-refractivity contribution in [2.75, 3.05) is 4.90 Å². The lowest BCUT2D eigenvalue weighted by Gasteiger charge is -2.32. The zero-order chi connectivity index (χ0) is 63.5. The number of hydrogen-bond donors (Lipinski definition) is 1. The molecule has 4 aliphatic rings. The van der Waals surface area contributed by atoms with Gasteiger partial charge in [0.2, 0.25) is 0 Å². The Hall–Kier alpha value is -11.1. The molecule has 0 saturated heterocycles. The van der Waals surface area contributed by atoms with Crippen molar-refractivity contribution in [3.8, 4) is 66.8 Å². The first-order chi connectivity index (χ1) is 46.1. The Balaban J connectivity index is 0.796. The third kappa shape index (κ3) is 6.72. The van der Waals surface area contributed by atoms with E-state index in [0.717, 1.165) is 105 Å². The van der Waals surface area contributed by atoms with Crippen LogP contribution < -0.4 is 4.90 Å². The molecular formula is C90H64N2O3. The Labute approximate surface area is 549 Å². The Bertz CT molecular complexity index is 6350. The number of nitrogens with one attached hydrogen (secondary N) is 1. The summed E-state index contributed by atoms with van der Waals surface area (Å²) < 4.78 is 21.2. The van der Waals surface area contributed by atoms with Crippen LogP contribution >= 0.6 is 0 Å². The van der Waals surface area contributed by atoms with Gasteiger partial charge in [0.05, 0.1) is 0 Å². The van der Waals surface area contributed by atoms with Crippen LogP contribution in [0.25, 0.3) is 154 Å². The topological polar surface area (TPSA) is 58.5 Å². The number of aromatic amines is 1. The van der Waals surface area contributed by atoms with Gasteiger partial charge in [0.25, 0.3) is 0 Å². The fourth-order valence-electron chi connectivity index (χ4n) is 18.6.